The minimum Gasteiger partial charge on any atom is -0.369 e. The van der Waals surface area contributed by atoms with Gasteiger partial charge in [-0.05, 0) is 54.8 Å². The molecule has 0 aliphatic rings. The van der Waals surface area contributed by atoms with Crippen LogP contribution in [0.15, 0.2) is 46.8 Å². The summed E-state index contributed by atoms with van der Waals surface area (Å²) in [7, 11) is 0. The van der Waals surface area contributed by atoms with E-state index >= 15 is 0 Å². The van der Waals surface area contributed by atoms with E-state index in [1.165, 1.54) is 17.0 Å². The van der Waals surface area contributed by atoms with E-state index in [0.29, 0.717) is 31.4 Å². The Morgan fingerprint density at radius 3 is 2.52 bits per heavy atom. The Bertz CT molecular complexity index is 753. The number of amides is 1. The second kappa shape index (κ2) is 13.5. The first kappa shape index (κ1) is 25.4. The zero-order valence-electron chi connectivity index (χ0n) is 16.9. The van der Waals surface area contributed by atoms with Gasteiger partial charge in [0.1, 0.15) is 5.82 Å². The fraction of sp³-hybridized carbons (Fsp3) is 0.429. The number of nitrogens with zero attached hydrogens (tertiary/aromatic N) is 1. The topological polar surface area (TPSA) is 79.5 Å². The fourth-order valence-electron chi connectivity index (χ4n) is 2.82. The normalized spacial score (nSPS) is 13.3. The highest BCUT2D eigenvalue weighted by molar-refractivity contribution is 14.0. The number of thiophene rings is 1. The molecule has 1 amide bonds. The van der Waals surface area contributed by atoms with Crippen LogP contribution in [0, 0.1) is 17.7 Å². The van der Waals surface area contributed by atoms with Crippen molar-refractivity contribution in [1.82, 2.24) is 10.6 Å². The molecule has 1 aromatic heterocycles. The molecule has 0 aliphatic carbocycles. The van der Waals surface area contributed by atoms with Crippen molar-refractivity contribution in [3.05, 3.63) is 58.0 Å². The Morgan fingerprint density at radius 1 is 1.21 bits per heavy atom. The molecule has 5 nitrogen and oxygen atoms in total. The van der Waals surface area contributed by atoms with Gasteiger partial charge in [0.25, 0.3) is 0 Å². The van der Waals surface area contributed by atoms with Gasteiger partial charge in [-0.3, -0.25) is 9.79 Å². The molecule has 29 heavy (non-hydrogen) atoms. The molecule has 0 saturated heterocycles. The van der Waals surface area contributed by atoms with E-state index in [0.717, 1.165) is 18.5 Å². The molecule has 1 aromatic carbocycles. The maximum atomic E-state index is 13.1. The summed E-state index contributed by atoms with van der Waals surface area (Å²) in [4.78, 5) is 17.8. The summed E-state index contributed by atoms with van der Waals surface area (Å²) in [6.45, 7) is 5.96. The van der Waals surface area contributed by atoms with Crippen LogP contribution in [0.5, 0.6) is 0 Å². The van der Waals surface area contributed by atoms with Gasteiger partial charge in [-0.15, -0.1) is 35.3 Å². The number of primary amides is 1. The second-order valence-electron chi connectivity index (χ2n) is 6.92. The van der Waals surface area contributed by atoms with Crippen molar-refractivity contribution in [1.29, 1.82) is 0 Å². The number of nitrogens with one attached hydrogen (secondary N) is 2. The lowest BCUT2D eigenvalue weighted by atomic mass is 9.98. The van der Waals surface area contributed by atoms with Gasteiger partial charge in [-0.25, -0.2) is 4.39 Å². The zero-order valence-corrected chi connectivity index (χ0v) is 20.0. The minimum atomic E-state index is -0.405. The molecule has 0 bridgehead atoms. The number of rotatable bonds is 10. The molecule has 0 aliphatic heterocycles. The molecule has 2 atom stereocenters. The quantitative estimate of drug-likeness (QED) is 0.249. The minimum absolute atomic E-state index is 0. The van der Waals surface area contributed by atoms with Gasteiger partial charge in [-0.2, -0.15) is 0 Å². The summed E-state index contributed by atoms with van der Waals surface area (Å²) < 4.78 is 13.1. The van der Waals surface area contributed by atoms with Crippen LogP contribution in [0.1, 0.15) is 24.3 Å². The summed E-state index contributed by atoms with van der Waals surface area (Å²) in [6, 6.07) is 10.3. The van der Waals surface area contributed by atoms with Gasteiger partial charge in [-0.1, -0.05) is 25.1 Å². The van der Waals surface area contributed by atoms with Gasteiger partial charge < -0.3 is 16.4 Å². The van der Waals surface area contributed by atoms with Gasteiger partial charge >= 0.3 is 0 Å². The van der Waals surface area contributed by atoms with E-state index in [1.807, 2.05) is 6.92 Å². The molecule has 1 heterocycles. The predicted octanol–water partition coefficient (Wildman–Crippen LogP) is 3.58. The lowest BCUT2D eigenvalue weighted by Gasteiger charge is -2.18. The molecule has 0 saturated carbocycles. The van der Waals surface area contributed by atoms with E-state index in [1.54, 1.807) is 23.5 Å². The Hall–Kier alpha value is -1.68. The van der Waals surface area contributed by atoms with Crippen LogP contribution in [0.4, 0.5) is 4.39 Å². The third-order valence-electron chi connectivity index (χ3n) is 4.35. The number of carbonyl (C=O) groups is 1. The number of hydrogen-bond acceptors (Lipinski definition) is 3. The molecular formula is C21H30FIN4OS. The van der Waals surface area contributed by atoms with Crippen molar-refractivity contribution in [2.24, 2.45) is 22.6 Å². The maximum absolute atomic E-state index is 13.1. The summed E-state index contributed by atoms with van der Waals surface area (Å²) >= 11 is 1.76. The Balaban J connectivity index is 0.00000420. The highest BCUT2D eigenvalue weighted by atomic mass is 127. The third-order valence-corrected chi connectivity index (χ3v) is 5.25. The molecule has 2 aromatic rings. The third kappa shape index (κ3) is 9.58. The molecule has 160 valence electrons. The van der Waals surface area contributed by atoms with Crippen LogP contribution < -0.4 is 16.4 Å². The number of guanidine groups is 1. The van der Waals surface area contributed by atoms with Crippen LogP contribution in [0.3, 0.4) is 0 Å². The van der Waals surface area contributed by atoms with E-state index in [9.17, 15) is 9.18 Å². The fourth-order valence-corrected chi connectivity index (χ4v) is 3.69. The van der Waals surface area contributed by atoms with Crippen LogP contribution in [0.2, 0.25) is 0 Å². The van der Waals surface area contributed by atoms with Crippen LogP contribution >= 0.6 is 35.3 Å². The van der Waals surface area contributed by atoms with Gasteiger partial charge in [0.05, 0.1) is 5.92 Å². The van der Waals surface area contributed by atoms with E-state index in [-0.39, 0.29) is 29.8 Å². The largest absolute Gasteiger partial charge is 0.369 e. The Labute approximate surface area is 193 Å². The first-order valence-corrected chi connectivity index (χ1v) is 10.4. The predicted molar refractivity (Wildman–Crippen MR) is 129 cm³/mol. The number of halogens is 2. The summed E-state index contributed by atoms with van der Waals surface area (Å²) in [5.41, 5.74) is 6.43. The van der Waals surface area contributed by atoms with Crippen LogP contribution in [-0.2, 0) is 17.6 Å². The molecule has 0 fully saturated rings. The Morgan fingerprint density at radius 2 is 1.93 bits per heavy atom. The SMILES string of the molecule is CCNC(=NCC(C)Cc1cccs1)NCC(Cc1ccc(F)cc1)C(N)=O.I. The second-order valence-corrected chi connectivity index (χ2v) is 7.95. The summed E-state index contributed by atoms with van der Waals surface area (Å²) in [6.07, 6.45) is 1.45. The van der Waals surface area contributed by atoms with Crippen molar-refractivity contribution in [3.8, 4) is 0 Å². The zero-order chi connectivity index (χ0) is 20.4. The van der Waals surface area contributed by atoms with Crippen molar-refractivity contribution in [2.75, 3.05) is 19.6 Å². The number of carbonyl (C=O) groups excluding carboxylic acids is 1. The summed E-state index contributed by atoms with van der Waals surface area (Å²) in [5.74, 6) is -0.00141. The number of aliphatic imine (C=N–C) groups is 1. The first-order chi connectivity index (χ1) is 13.5. The molecule has 4 N–H and O–H groups in total. The van der Waals surface area contributed by atoms with Crippen molar-refractivity contribution in [3.63, 3.8) is 0 Å². The molecule has 0 spiro atoms. The molecule has 2 rings (SSSR count). The number of hydrogen-bond donors (Lipinski definition) is 3. The lowest BCUT2D eigenvalue weighted by Crippen LogP contribution is -2.43. The molecule has 0 radical (unpaired) electrons. The van der Waals surface area contributed by atoms with E-state index in [4.69, 9.17) is 5.73 Å². The first-order valence-electron chi connectivity index (χ1n) is 9.56. The smallest absolute Gasteiger partial charge is 0.222 e. The van der Waals surface area contributed by atoms with E-state index in [2.05, 4.69) is 40.1 Å². The van der Waals surface area contributed by atoms with Crippen LogP contribution in [-0.4, -0.2) is 31.5 Å². The monoisotopic (exact) mass is 532 g/mol. The standard InChI is InChI=1S/C21H29FN4OS.HI/c1-3-24-21(25-13-15(2)11-19-5-4-10-28-19)26-14-17(20(23)27)12-16-6-8-18(22)9-7-16;/h4-10,15,17H,3,11-14H2,1-2H3,(H2,23,27)(H2,24,25,26);1H. The van der Waals surface area contributed by atoms with Crippen molar-refractivity contribution < 1.29 is 9.18 Å². The average molecular weight is 532 g/mol. The van der Waals surface area contributed by atoms with Crippen LogP contribution in [0.25, 0.3) is 0 Å². The highest BCUT2D eigenvalue weighted by Crippen LogP contribution is 2.14. The van der Waals surface area contributed by atoms with Crippen molar-refractivity contribution in [2.45, 2.75) is 26.7 Å². The van der Waals surface area contributed by atoms with Crippen molar-refractivity contribution >= 4 is 47.2 Å². The molecular weight excluding hydrogens is 502 g/mol. The molecule has 8 heteroatoms. The summed E-state index contributed by atoms with van der Waals surface area (Å²) in [5, 5.41) is 8.50. The highest BCUT2D eigenvalue weighted by Gasteiger charge is 2.17. The number of nitrogens with two attached hydrogens (primary N) is 1. The lowest BCUT2D eigenvalue weighted by molar-refractivity contribution is -0.121. The number of benzene rings is 1. The maximum Gasteiger partial charge on any atom is 0.222 e. The van der Waals surface area contributed by atoms with Gasteiger partial charge in [0.15, 0.2) is 5.96 Å². The van der Waals surface area contributed by atoms with E-state index < -0.39 is 11.8 Å². The Kier molecular flexibility index (Phi) is 11.8. The van der Waals surface area contributed by atoms with Gasteiger partial charge in [0.2, 0.25) is 5.91 Å². The molecule has 2 unspecified atom stereocenters. The van der Waals surface area contributed by atoms with Gasteiger partial charge in [0, 0.05) is 24.5 Å². The average Bonchev–Trinajstić information content (AvgIpc) is 3.17.